The van der Waals surface area contributed by atoms with Crippen LogP contribution in [-0.2, 0) is 4.74 Å². The molecule has 0 radical (unpaired) electrons. The van der Waals surface area contributed by atoms with Crippen molar-refractivity contribution in [3.63, 3.8) is 0 Å². The largest absolute Gasteiger partial charge is 0.377 e. The highest BCUT2D eigenvalue weighted by Gasteiger charge is 2.25. The van der Waals surface area contributed by atoms with E-state index >= 15 is 0 Å². The number of nitrogens with one attached hydrogen (secondary N) is 1. The number of halogens is 1. The molecule has 1 aliphatic rings. The molecule has 0 aliphatic carbocycles. The number of aryl methyl sites for hydroxylation is 1. The van der Waals surface area contributed by atoms with Crippen molar-refractivity contribution in [2.45, 2.75) is 32.4 Å². The average Bonchev–Trinajstić information content (AvgIpc) is 2.58. The Bertz CT molecular complexity index is 336. The quantitative estimate of drug-likeness (QED) is 0.788. The summed E-state index contributed by atoms with van der Waals surface area (Å²) in [7, 11) is 0. The molecule has 1 N–H and O–H groups in total. The van der Waals surface area contributed by atoms with E-state index in [9.17, 15) is 0 Å². The number of aromatic nitrogens is 1. The highest BCUT2D eigenvalue weighted by molar-refractivity contribution is 6.32. The Morgan fingerprint density at radius 3 is 3.00 bits per heavy atom. The van der Waals surface area contributed by atoms with E-state index in [-0.39, 0.29) is 6.10 Å². The summed E-state index contributed by atoms with van der Waals surface area (Å²) in [5.41, 5.74) is 2.05. The van der Waals surface area contributed by atoms with Crippen LogP contribution in [0.25, 0.3) is 0 Å². The smallest absolute Gasteiger partial charge is 0.152 e. The molecule has 0 bridgehead atoms. The van der Waals surface area contributed by atoms with Gasteiger partial charge in [-0.1, -0.05) is 11.6 Å². The first-order valence-corrected chi connectivity index (χ1v) is 5.55. The molecule has 1 aliphatic heterocycles. The molecular formula is C11H15ClN2O. The second kappa shape index (κ2) is 4.37. The lowest BCUT2D eigenvalue weighted by Gasteiger charge is -2.19. The summed E-state index contributed by atoms with van der Waals surface area (Å²) in [6.45, 7) is 4.91. The Balaban J connectivity index is 2.16. The van der Waals surface area contributed by atoms with Gasteiger partial charge in [0.25, 0.3) is 0 Å². The number of hydrogen-bond acceptors (Lipinski definition) is 3. The first-order valence-electron chi connectivity index (χ1n) is 5.17. The van der Waals surface area contributed by atoms with E-state index in [0.717, 1.165) is 24.3 Å². The van der Waals surface area contributed by atoms with Gasteiger partial charge in [0.1, 0.15) is 0 Å². The van der Waals surface area contributed by atoms with Gasteiger partial charge < -0.3 is 10.1 Å². The fourth-order valence-electron chi connectivity index (χ4n) is 1.81. The first-order chi connectivity index (χ1) is 7.18. The molecule has 1 aromatic rings. The van der Waals surface area contributed by atoms with Crippen molar-refractivity contribution < 1.29 is 4.74 Å². The maximum atomic E-state index is 6.04. The minimum Gasteiger partial charge on any atom is -0.377 e. The third kappa shape index (κ3) is 2.24. The first kappa shape index (κ1) is 10.7. The van der Waals surface area contributed by atoms with Crippen LogP contribution in [0, 0.1) is 6.92 Å². The summed E-state index contributed by atoms with van der Waals surface area (Å²) in [5.74, 6) is 0. The molecular weight excluding hydrogens is 212 g/mol. The van der Waals surface area contributed by atoms with Crippen molar-refractivity contribution in [1.29, 1.82) is 0 Å². The van der Waals surface area contributed by atoms with Crippen LogP contribution in [0.15, 0.2) is 12.3 Å². The van der Waals surface area contributed by atoms with Gasteiger partial charge in [0.15, 0.2) is 5.15 Å². The van der Waals surface area contributed by atoms with Crippen LogP contribution in [-0.4, -0.2) is 23.7 Å². The molecule has 0 amide bonds. The maximum Gasteiger partial charge on any atom is 0.152 e. The monoisotopic (exact) mass is 226 g/mol. The number of anilines is 1. The van der Waals surface area contributed by atoms with Gasteiger partial charge >= 0.3 is 0 Å². The summed E-state index contributed by atoms with van der Waals surface area (Å²) in [4.78, 5) is 4.07. The molecule has 1 saturated heterocycles. The number of hydrogen-bond donors (Lipinski definition) is 1. The topological polar surface area (TPSA) is 34.2 Å². The van der Waals surface area contributed by atoms with Crippen LogP contribution in [0.2, 0.25) is 5.15 Å². The van der Waals surface area contributed by atoms with Crippen LogP contribution in [0.3, 0.4) is 0 Å². The molecule has 4 heteroatoms. The van der Waals surface area contributed by atoms with Crippen molar-refractivity contribution in [2.75, 3.05) is 11.9 Å². The van der Waals surface area contributed by atoms with Gasteiger partial charge in [-0.05, 0) is 31.9 Å². The molecule has 2 rings (SSSR count). The van der Waals surface area contributed by atoms with Crippen LogP contribution in [0.5, 0.6) is 0 Å². The van der Waals surface area contributed by atoms with Gasteiger partial charge in [-0.15, -0.1) is 0 Å². The zero-order chi connectivity index (χ0) is 10.8. The fourth-order valence-corrected chi connectivity index (χ4v) is 2.07. The highest BCUT2D eigenvalue weighted by Crippen LogP contribution is 2.26. The minimum absolute atomic E-state index is 0.237. The maximum absolute atomic E-state index is 6.04. The summed E-state index contributed by atoms with van der Waals surface area (Å²) < 4.78 is 5.49. The normalized spacial score (nSPS) is 25.5. The van der Waals surface area contributed by atoms with E-state index < -0.39 is 0 Å². The second-order valence-electron chi connectivity index (χ2n) is 3.91. The van der Waals surface area contributed by atoms with Gasteiger partial charge in [0, 0.05) is 12.8 Å². The Morgan fingerprint density at radius 1 is 1.60 bits per heavy atom. The summed E-state index contributed by atoms with van der Waals surface area (Å²) >= 11 is 6.04. The van der Waals surface area contributed by atoms with Crippen molar-refractivity contribution in [1.82, 2.24) is 4.98 Å². The zero-order valence-corrected chi connectivity index (χ0v) is 9.71. The Kier molecular flexibility index (Phi) is 3.12. The van der Waals surface area contributed by atoms with E-state index in [0.29, 0.717) is 11.2 Å². The molecule has 3 nitrogen and oxygen atoms in total. The zero-order valence-electron chi connectivity index (χ0n) is 8.96. The van der Waals surface area contributed by atoms with Crippen LogP contribution in [0.4, 0.5) is 5.69 Å². The van der Waals surface area contributed by atoms with Crippen molar-refractivity contribution in [3.05, 3.63) is 23.0 Å². The molecule has 2 heterocycles. The molecule has 0 spiro atoms. The lowest BCUT2D eigenvalue weighted by molar-refractivity contribution is 0.121. The molecule has 1 aromatic heterocycles. The molecule has 2 unspecified atom stereocenters. The predicted molar refractivity (Wildman–Crippen MR) is 61.4 cm³/mol. The SMILES string of the molecule is Cc1ccnc(Cl)c1NC1CCOC1C. The van der Waals surface area contributed by atoms with E-state index in [1.165, 1.54) is 0 Å². The van der Waals surface area contributed by atoms with Crippen molar-refractivity contribution in [2.24, 2.45) is 0 Å². The second-order valence-corrected chi connectivity index (χ2v) is 4.27. The molecule has 0 aromatic carbocycles. The van der Waals surface area contributed by atoms with Crippen LogP contribution >= 0.6 is 11.6 Å². The third-order valence-electron chi connectivity index (χ3n) is 2.82. The standard InChI is InChI=1S/C11H15ClN2O/c1-7-3-5-13-11(12)10(7)14-9-4-6-15-8(9)2/h3,5,8-9,14H,4,6H2,1-2H3. The Labute approximate surface area is 94.8 Å². The molecule has 1 fully saturated rings. The number of nitrogens with zero attached hydrogens (tertiary/aromatic N) is 1. The van der Waals surface area contributed by atoms with Gasteiger partial charge in [-0.3, -0.25) is 0 Å². The van der Waals surface area contributed by atoms with E-state index in [2.05, 4.69) is 17.2 Å². The molecule has 82 valence electrons. The van der Waals surface area contributed by atoms with Crippen LogP contribution < -0.4 is 5.32 Å². The van der Waals surface area contributed by atoms with Gasteiger partial charge in [0.2, 0.25) is 0 Å². The van der Waals surface area contributed by atoms with Crippen molar-refractivity contribution >= 4 is 17.3 Å². The number of rotatable bonds is 2. The van der Waals surface area contributed by atoms with Gasteiger partial charge in [-0.25, -0.2) is 4.98 Å². The van der Waals surface area contributed by atoms with Gasteiger partial charge in [0.05, 0.1) is 17.8 Å². The number of ether oxygens (including phenoxy) is 1. The van der Waals surface area contributed by atoms with E-state index in [1.54, 1.807) is 6.20 Å². The van der Waals surface area contributed by atoms with Crippen LogP contribution in [0.1, 0.15) is 18.9 Å². The summed E-state index contributed by atoms with van der Waals surface area (Å²) in [6.07, 6.45) is 2.98. The Hall–Kier alpha value is -0.800. The average molecular weight is 227 g/mol. The van der Waals surface area contributed by atoms with E-state index in [4.69, 9.17) is 16.3 Å². The summed E-state index contributed by atoms with van der Waals surface area (Å²) in [5, 5.41) is 3.94. The lowest BCUT2D eigenvalue weighted by Crippen LogP contribution is -2.27. The highest BCUT2D eigenvalue weighted by atomic mass is 35.5. The number of pyridine rings is 1. The third-order valence-corrected chi connectivity index (χ3v) is 3.11. The molecule has 15 heavy (non-hydrogen) atoms. The summed E-state index contributed by atoms with van der Waals surface area (Å²) in [6, 6.07) is 2.29. The predicted octanol–water partition coefficient (Wildman–Crippen LogP) is 2.63. The van der Waals surface area contributed by atoms with E-state index in [1.807, 2.05) is 13.0 Å². The van der Waals surface area contributed by atoms with Gasteiger partial charge in [-0.2, -0.15) is 0 Å². The molecule has 2 atom stereocenters. The lowest BCUT2D eigenvalue weighted by atomic mass is 10.1. The Morgan fingerprint density at radius 2 is 2.40 bits per heavy atom. The van der Waals surface area contributed by atoms with Crippen molar-refractivity contribution in [3.8, 4) is 0 Å². The minimum atomic E-state index is 0.237. The molecule has 0 saturated carbocycles. The fraction of sp³-hybridized carbons (Fsp3) is 0.545.